The summed E-state index contributed by atoms with van der Waals surface area (Å²) in [6.45, 7) is 1.20. The molecule has 2 saturated heterocycles. The minimum absolute atomic E-state index is 0.199. The number of benzene rings is 2. The highest BCUT2D eigenvalue weighted by Crippen LogP contribution is 2.36. The number of aromatic nitrogens is 4. The number of hydrogen-bond donors (Lipinski definition) is 2. The number of ether oxygens (including phenoxy) is 3. The predicted octanol–water partition coefficient (Wildman–Crippen LogP) is 1.56. The van der Waals surface area contributed by atoms with Crippen LogP contribution in [0.5, 0.6) is 5.75 Å². The van der Waals surface area contributed by atoms with Crippen LogP contribution in [0.15, 0.2) is 54.6 Å². The summed E-state index contributed by atoms with van der Waals surface area (Å²) in [4.78, 5) is 12.4. The highest BCUT2D eigenvalue weighted by molar-refractivity contribution is 5.74. The Morgan fingerprint density at radius 2 is 1.97 bits per heavy atom. The van der Waals surface area contributed by atoms with Crippen LogP contribution in [0.1, 0.15) is 11.6 Å². The Balaban J connectivity index is 1.24. The van der Waals surface area contributed by atoms with Crippen molar-refractivity contribution in [2.45, 2.75) is 30.8 Å². The van der Waals surface area contributed by atoms with Crippen molar-refractivity contribution in [2.24, 2.45) is 0 Å². The lowest BCUT2D eigenvalue weighted by Gasteiger charge is -2.18. The molecule has 2 fully saturated rings. The molecule has 5 rings (SSSR count). The summed E-state index contributed by atoms with van der Waals surface area (Å²) >= 11 is 0. The van der Waals surface area contributed by atoms with Crippen LogP contribution in [0, 0.1) is 0 Å². The van der Waals surface area contributed by atoms with Crippen molar-refractivity contribution >= 4 is 6.03 Å². The van der Waals surface area contributed by atoms with Gasteiger partial charge in [0, 0.05) is 12.1 Å². The first kappa shape index (κ1) is 20.4. The van der Waals surface area contributed by atoms with Crippen LogP contribution in [0.3, 0.4) is 0 Å². The fourth-order valence-corrected chi connectivity index (χ4v) is 4.18. The van der Waals surface area contributed by atoms with Crippen molar-refractivity contribution in [2.75, 3.05) is 20.3 Å². The van der Waals surface area contributed by atoms with Gasteiger partial charge in [0.1, 0.15) is 24.0 Å². The van der Waals surface area contributed by atoms with Crippen LogP contribution in [0.4, 0.5) is 4.79 Å². The molecule has 166 valence electrons. The zero-order valence-corrected chi connectivity index (χ0v) is 17.5. The van der Waals surface area contributed by atoms with E-state index in [1.807, 2.05) is 54.6 Å². The quantitative estimate of drug-likeness (QED) is 0.603. The first-order chi connectivity index (χ1) is 15.7. The van der Waals surface area contributed by atoms with Crippen LogP contribution >= 0.6 is 0 Å². The maximum Gasteiger partial charge on any atom is 0.315 e. The van der Waals surface area contributed by atoms with E-state index in [1.54, 1.807) is 11.8 Å². The number of nitrogens with one attached hydrogen (secondary N) is 2. The van der Waals surface area contributed by atoms with Gasteiger partial charge in [-0.15, -0.1) is 5.10 Å². The van der Waals surface area contributed by atoms with Crippen LogP contribution in [-0.4, -0.2) is 64.8 Å². The van der Waals surface area contributed by atoms with Crippen molar-refractivity contribution in [3.63, 3.8) is 0 Å². The summed E-state index contributed by atoms with van der Waals surface area (Å²) < 4.78 is 19.1. The van der Waals surface area contributed by atoms with Gasteiger partial charge in [0.15, 0.2) is 5.82 Å². The Morgan fingerprint density at radius 1 is 1.12 bits per heavy atom. The summed E-state index contributed by atoms with van der Waals surface area (Å²) in [5.41, 5.74) is 1.87. The third-order valence-electron chi connectivity index (χ3n) is 5.77. The van der Waals surface area contributed by atoms with E-state index in [0.717, 1.165) is 16.9 Å². The predicted molar refractivity (Wildman–Crippen MR) is 114 cm³/mol. The summed E-state index contributed by atoms with van der Waals surface area (Å²) in [5.74, 6) is 1.33. The van der Waals surface area contributed by atoms with Crippen molar-refractivity contribution < 1.29 is 19.0 Å². The molecule has 2 N–H and O–H groups in total. The topological polar surface area (TPSA) is 112 Å². The number of nitrogens with zero attached hydrogens (tertiary/aromatic N) is 4. The van der Waals surface area contributed by atoms with Crippen LogP contribution < -0.4 is 15.4 Å². The highest BCUT2D eigenvalue weighted by atomic mass is 16.6. The van der Waals surface area contributed by atoms with Gasteiger partial charge in [0.2, 0.25) is 0 Å². The van der Waals surface area contributed by atoms with E-state index in [0.29, 0.717) is 25.6 Å². The number of tetrazole rings is 1. The van der Waals surface area contributed by atoms with Gasteiger partial charge in [-0.2, -0.15) is 0 Å². The number of carbonyl (C=O) groups excluding carboxylic acids is 1. The second-order valence-corrected chi connectivity index (χ2v) is 7.76. The standard InChI is InChI=1S/C22H24N6O4/c1-30-16-9-5-8-15(10-16)21-25-26-27-28(21)18-13-32-19-17(12-31-20(18)19)24-22(29)23-11-14-6-3-2-4-7-14/h2-10,17-20H,11-13H2,1H3,(H2,23,24,29). The van der Waals surface area contributed by atoms with Crippen molar-refractivity contribution in [3.05, 3.63) is 60.2 Å². The fraction of sp³-hybridized carbons (Fsp3) is 0.364. The molecule has 0 radical (unpaired) electrons. The van der Waals surface area contributed by atoms with Gasteiger partial charge in [-0.3, -0.25) is 0 Å². The molecular formula is C22H24N6O4. The zero-order valence-electron chi connectivity index (χ0n) is 17.5. The second-order valence-electron chi connectivity index (χ2n) is 7.76. The molecular weight excluding hydrogens is 412 g/mol. The molecule has 0 saturated carbocycles. The first-order valence-corrected chi connectivity index (χ1v) is 10.5. The molecule has 2 amide bonds. The highest BCUT2D eigenvalue weighted by Gasteiger charge is 2.50. The summed E-state index contributed by atoms with van der Waals surface area (Å²) in [6.07, 6.45) is -0.535. The molecule has 2 aliphatic rings. The lowest BCUT2D eigenvalue weighted by atomic mass is 10.1. The maximum absolute atomic E-state index is 12.4. The van der Waals surface area contributed by atoms with Gasteiger partial charge in [0.25, 0.3) is 0 Å². The molecule has 4 atom stereocenters. The average molecular weight is 436 g/mol. The number of fused-ring (bicyclic) bond motifs is 1. The van der Waals surface area contributed by atoms with Gasteiger partial charge in [-0.25, -0.2) is 9.48 Å². The van der Waals surface area contributed by atoms with Gasteiger partial charge in [-0.05, 0) is 28.1 Å². The van der Waals surface area contributed by atoms with E-state index in [2.05, 4.69) is 26.2 Å². The molecule has 2 aliphatic heterocycles. The number of rotatable bonds is 6. The minimum Gasteiger partial charge on any atom is -0.497 e. The van der Waals surface area contributed by atoms with Gasteiger partial charge >= 0.3 is 6.03 Å². The van der Waals surface area contributed by atoms with Crippen LogP contribution in [0.25, 0.3) is 11.4 Å². The van der Waals surface area contributed by atoms with E-state index in [1.165, 1.54) is 0 Å². The first-order valence-electron chi connectivity index (χ1n) is 10.5. The zero-order chi connectivity index (χ0) is 21.9. The lowest BCUT2D eigenvalue weighted by molar-refractivity contribution is 0.0624. The molecule has 0 bridgehead atoms. The number of hydrogen-bond acceptors (Lipinski definition) is 7. The monoisotopic (exact) mass is 436 g/mol. The Labute approximate surface area is 184 Å². The van der Waals surface area contributed by atoms with E-state index in [-0.39, 0.29) is 30.3 Å². The molecule has 2 aromatic carbocycles. The molecule has 0 aliphatic carbocycles. The Bertz CT molecular complexity index is 1080. The maximum atomic E-state index is 12.4. The number of amides is 2. The molecule has 4 unspecified atom stereocenters. The fourth-order valence-electron chi connectivity index (χ4n) is 4.18. The van der Waals surface area contributed by atoms with E-state index < -0.39 is 0 Å². The Kier molecular flexibility index (Phi) is 5.70. The molecule has 10 heteroatoms. The van der Waals surface area contributed by atoms with E-state index in [9.17, 15) is 4.79 Å². The molecule has 1 aromatic heterocycles. The van der Waals surface area contributed by atoms with Crippen molar-refractivity contribution in [3.8, 4) is 17.1 Å². The number of urea groups is 1. The molecule has 3 aromatic rings. The normalized spacial score (nSPS) is 24.2. The molecule has 32 heavy (non-hydrogen) atoms. The van der Waals surface area contributed by atoms with Crippen LogP contribution in [0.2, 0.25) is 0 Å². The van der Waals surface area contributed by atoms with Gasteiger partial charge in [-0.1, -0.05) is 42.5 Å². The van der Waals surface area contributed by atoms with Crippen molar-refractivity contribution in [1.82, 2.24) is 30.8 Å². The summed E-state index contributed by atoms with van der Waals surface area (Å²) in [5, 5.41) is 18.1. The molecule has 0 spiro atoms. The second kappa shape index (κ2) is 8.93. The molecule has 3 heterocycles. The SMILES string of the molecule is COc1cccc(-c2nnnn2C2COC3C(NC(=O)NCc4ccccc4)COC32)c1. The average Bonchev–Trinajstić information content (AvgIpc) is 3.56. The Morgan fingerprint density at radius 3 is 2.81 bits per heavy atom. The largest absolute Gasteiger partial charge is 0.497 e. The number of carbonyl (C=O) groups is 1. The third-order valence-corrected chi connectivity index (χ3v) is 5.77. The van der Waals surface area contributed by atoms with E-state index in [4.69, 9.17) is 14.2 Å². The Hall–Kier alpha value is -3.50. The smallest absolute Gasteiger partial charge is 0.315 e. The lowest BCUT2D eigenvalue weighted by Crippen LogP contribution is -2.48. The van der Waals surface area contributed by atoms with Gasteiger partial charge in [0.05, 0.1) is 26.4 Å². The molecule has 10 nitrogen and oxygen atoms in total. The summed E-state index contributed by atoms with van der Waals surface area (Å²) in [6, 6.07) is 16.6. The third kappa shape index (κ3) is 4.02. The summed E-state index contributed by atoms with van der Waals surface area (Å²) in [7, 11) is 1.62. The number of methoxy groups -OCH3 is 1. The van der Waals surface area contributed by atoms with E-state index >= 15 is 0 Å². The van der Waals surface area contributed by atoms with Crippen molar-refractivity contribution in [1.29, 1.82) is 0 Å². The minimum atomic E-state index is -0.273. The van der Waals surface area contributed by atoms with Crippen LogP contribution in [-0.2, 0) is 16.0 Å². The van der Waals surface area contributed by atoms with Gasteiger partial charge < -0.3 is 24.8 Å².